The monoisotopic (exact) mass is 310 g/mol. The molecule has 8 heteroatoms. The zero-order valence-corrected chi connectivity index (χ0v) is 11.1. The summed E-state index contributed by atoms with van der Waals surface area (Å²) in [5, 5.41) is 22.6. The minimum Gasteiger partial charge on any atom is -0.477 e. The summed E-state index contributed by atoms with van der Waals surface area (Å²) in [5.74, 6) is -2.16. The minimum atomic E-state index is -1.45. The van der Waals surface area contributed by atoms with Gasteiger partial charge in [0, 0.05) is 0 Å². The van der Waals surface area contributed by atoms with Crippen molar-refractivity contribution in [3.05, 3.63) is 62.9 Å². The first kappa shape index (κ1) is 14.7. The van der Waals surface area contributed by atoms with Gasteiger partial charge in [0.1, 0.15) is 17.1 Å². The second-order valence-corrected chi connectivity index (χ2v) is 4.39. The summed E-state index contributed by atoms with van der Waals surface area (Å²) >= 11 is 5.82. The van der Waals surface area contributed by atoms with E-state index in [1.165, 1.54) is 24.3 Å². The number of nitrogens with zero attached hydrogens (tertiary/aromatic N) is 1. The molecular formula is C13H8ClFN2O4. The Morgan fingerprint density at radius 3 is 2.52 bits per heavy atom. The van der Waals surface area contributed by atoms with Crippen LogP contribution in [0.25, 0.3) is 0 Å². The van der Waals surface area contributed by atoms with Gasteiger partial charge >= 0.3 is 11.7 Å². The summed E-state index contributed by atoms with van der Waals surface area (Å²) in [6.45, 7) is 0. The molecule has 6 nitrogen and oxygen atoms in total. The number of benzene rings is 2. The summed E-state index contributed by atoms with van der Waals surface area (Å²) in [7, 11) is 0. The first-order valence-corrected chi connectivity index (χ1v) is 6.01. The van der Waals surface area contributed by atoms with Crippen LogP contribution in [0.1, 0.15) is 10.4 Å². The summed E-state index contributed by atoms with van der Waals surface area (Å²) in [4.78, 5) is 21.3. The van der Waals surface area contributed by atoms with Crippen molar-refractivity contribution in [2.75, 3.05) is 5.32 Å². The highest BCUT2D eigenvalue weighted by Crippen LogP contribution is 2.34. The summed E-state index contributed by atoms with van der Waals surface area (Å²) in [6, 6.07) is 7.58. The molecule has 0 fully saturated rings. The molecule has 2 aromatic rings. The molecule has 0 amide bonds. The van der Waals surface area contributed by atoms with Gasteiger partial charge in [0.25, 0.3) is 0 Å². The number of anilines is 2. The first-order valence-electron chi connectivity index (χ1n) is 5.63. The normalized spacial score (nSPS) is 10.2. The number of hydrogen-bond acceptors (Lipinski definition) is 4. The lowest BCUT2D eigenvalue weighted by Gasteiger charge is -2.10. The van der Waals surface area contributed by atoms with Crippen LogP contribution in [0.2, 0.25) is 5.02 Å². The average molecular weight is 311 g/mol. The molecule has 0 aliphatic rings. The van der Waals surface area contributed by atoms with Crippen molar-refractivity contribution < 1.29 is 19.2 Å². The third kappa shape index (κ3) is 2.92. The van der Waals surface area contributed by atoms with Crippen molar-refractivity contribution in [1.29, 1.82) is 0 Å². The Labute approximate surface area is 122 Å². The fourth-order valence-electron chi connectivity index (χ4n) is 1.77. The van der Waals surface area contributed by atoms with Gasteiger partial charge in [-0.15, -0.1) is 0 Å². The average Bonchev–Trinajstić information content (AvgIpc) is 2.42. The van der Waals surface area contributed by atoms with Crippen molar-refractivity contribution >= 4 is 34.6 Å². The lowest BCUT2D eigenvalue weighted by molar-refractivity contribution is -0.384. The summed E-state index contributed by atoms with van der Waals surface area (Å²) < 4.78 is 13.7. The lowest BCUT2D eigenvalue weighted by Crippen LogP contribution is -2.06. The smallest absolute Gasteiger partial charge is 0.342 e. The summed E-state index contributed by atoms with van der Waals surface area (Å²) in [5.41, 5.74) is -1.49. The van der Waals surface area contributed by atoms with Crippen LogP contribution in [0.5, 0.6) is 0 Å². The molecule has 0 radical (unpaired) electrons. The van der Waals surface area contributed by atoms with Gasteiger partial charge in [0.15, 0.2) is 0 Å². The molecule has 2 rings (SSSR count). The molecule has 0 saturated heterocycles. The maximum atomic E-state index is 13.7. The third-order valence-corrected chi connectivity index (χ3v) is 2.99. The molecule has 108 valence electrons. The van der Waals surface area contributed by atoms with Crippen LogP contribution < -0.4 is 5.32 Å². The molecule has 0 heterocycles. The highest BCUT2D eigenvalue weighted by atomic mass is 35.5. The molecule has 0 spiro atoms. The van der Waals surface area contributed by atoms with Crippen molar-refractivity contribution in [2.24, 2.45) is 0 Å². The molecule has 21 heavy (non-hydrogen) atoms. The molecule has 0 aromatic heterocycles. The van der Waals surface area contributed by atoms with Gasteiger partial charge < -0.3 is 10.4 Å². The molecule has 0 aliphatic carbocycles. The van der Waals surface area contributed by atoms with Crippen molar-refractivity contribution in [3.8, 4) is 0 Å². The topological polar surface area (TPSA) is 92.5 Å². The second-order valence-electron chi connectivity index (χ2n) is 3.99. The van der Waals surface area contributed by atoms with E-state index in [0.29, 0.717) is 0 Å². The zero-order chi connectivity index (χ0) is 15.6. The van der Waals surface area contributed by atoms with Crippen LogP contribution in [0, 0.1) is 15.9 Å². The Kier molecular flexibility index (Phi) is 4.04. The quantitative estimate of drug-likeness (QED) is 0.661. The Morgan fingerprint density at radius 1 is 1.29 bits per heavy atom. The van der Waals surface area contributed by atoms with E-state index >= 15 is 0 Å². The van der Waals surface area contributed by atoms with Gasteiger partial charge in [-0.05, 0) is 24.3 Å². The highest BCUT2D eigenvalue weighted by molar-refractivity contribution is 6.33. The van der Waals surface area contributed by atoms with E-state index in [2.05, 4.69) is 5.32 Å². The highest BCUT2D eigenvalue weighted by Gasteiger charge is 2.25. The molecule has 0 unspecified atom stereocenters. The van der Waals surface area contributed by atoms with Crippen LogP contribution >= 0.6 is 11.6 Å². The van der Waals surface area contributed by atoms with Gasteiger partial charge in [-0.25, -0.2) is 9.18 Å². The van der Waals surface area contributed by atoms with Crippen molar-refractivity contribution in [2.45, 2.75) is 0 Å². The van der Waals surface area contributed by atoms with Gasteiger partial charge in [-0.3, -0.25) is 10.1 Å². The minimum absolute atomic E-state index is 0.0185. The van der Waals surface area contributed by atoms with Crippen molar-refractivity contribution in [3.63, 3.8) is 0 Å². The van der Waals surface area contributed by atoms with E-state index < -0.39 is 28.0 Å². The molecule has 0 aliphatic heterocycles. The fourth-order valence-corrected chi connectivity index (χ4v) is 1.98. The number of nitro benzene ring substituents is 1. The molecule has 0 saturated carbocycles. The van der Waals surface area contributed by atoms with Gasteiger partial charge in [0.05, 0.1) is 15.6 Å². The Hall–Kier alpha value is -2.67. The Balaban J connectivity index is 2.57. The fraction of sp³-hybridized carbons (Fsp3) is 0. The predicted molar refractivity (Wildman–Crippen MR) is 74.7 cm³/mol. The number of aromatic carboxylic acids is 1. The number of rotatable bonds is 4. The SMILES string of the molecule is O=C(O)c1cccc(Nc2c(F)cccc2Cl)c1[N+](=O)[O-]. The van der Waals surface area contributed by atoms with E-state index in [1.807, 2.05) is 0 Å². The van der Waals surface area contributed by atoms with Gasteiger partial charge in [-0.2, -0.15) is 0 Å². The van der Waals surface area contributed by atoms with Crippen LogP contribution in [-0.4, -0.2) is 16.0 Å². The number of para-hydroxylation sites is 2. The largest absolute Gasteiger partial charge is 0.477 e. The van der Waals surface area contributed by atoms with E-state index in [9.17, 15) is 19.3 Å². The van der Waals surface area contributed by atoms with Gasteiger partial charge in [0.2, 0.25) is 0 Å². The van der Waals surface area contributed by atoms with E-state index in [4.69, 9.17) is 16.7 Å². The van der Waals surface area contributed by atoms with Crippen LogP contribution in [0.3, 0.4) is 0 Å². The predicted octanol–water partition coefficient (Wildman–Crippen LogP) is 3.83. The number of halogens is 2. The lowest BCUT2D eigenvalue weighted by atomic mass is 10.1. The van der Waals surface area contributed by atoms with Crippen LogP contribution in [-0.2, 0) is 0 Å². The Bertz CT molecular complexity index is 716. The number of carbonyl (C=O) groups is 1. The molecule has 0 atom stereocenters. The Morgan fingerprint density at radius 2 is 1.95 bits per heavy atom. The summed E-state index contributed by atoms with van der Waals surface area (Å²) in [6.07, 6.45) is 0. The van der Waals surface area contributed by atoms with E-state index in [0.717, 1.165) is 12.1 Å². The zero-order valence-electron chi connectivity index (χ0n) is 10.3. The molecule has 2 aromatic carbocycles. The molecule has 2 N–H and O–H groups in total. The number of nitrogens with one attached hydrogen (secondary N) is 1. The maximum Gasteiger partial charge on any atom is 0.342 e. The van der Waals surface area contributed by atoms with E-state index in [-0.39, 0.29) is 16.4 Å². The first-order chi connectivity index (χ1) is 9.91. The second kappa shape index (κ2) is 5.76. The van der Waals surface area contributed by atoms with E-state index in [1.54, 1.807) is 0 Å². The standard InChI is InChI=1S/C13H8ClFN2O4/c14-8-4-2-5-9(15)11(8)16-10-6-1-3-7(13(18)19)12(10)17(20)21/h1-6,16H,(H,18,19). The number of nitro groups is 1. The number of hydrogen-bond donors (Lipinski definition) is 2. The molecular weight excluding hydrogens is 303 g/mol. The maximum absolute atomic E-state index is 13.7. The van der Waals surface area contributed by atoms with Crippen LogP contribution in [0.4, 0.5) is 21.5 Å². The number of carboxylic acids is 1. The number of carboxylic acid groups (broad SMARTS) is 1. The molecule has 0 bridgehead atoms. The van der Waals surface area contributed by atoms with Crippen LogP contribution in [0.15, 0.2) is 36.4 Å². The third-order valence-electron chi connectivity index (χ3n) is 2.67. The van der Waals surface area contributed by atoms with Crippen molar-refractivity contribution in [1.82, 2.24) is 0 Å². The van der Waals surface area contributed by atoms with Gasteiger partial charge in [-0.1, -0.05) is 23.7 Å².